The van der Waals surface area contributed by atoms with Gasteiger partial charge < -0.3 is 9.84 Å². The Labute approximate surface area is 190 Å². The number of ether oxygens (including phenoxy) is 1. The highest BCUT2D eigenvalue weighted by atomic mass is 19.1. The first-order valence-corrected chi connectivity index (χ1v) is 10.8. The van der Waals surface area contributed by atoms with Gasteiger partial charge in [0.1, 0.15) is 17.4 Å². The lowest BCUT2D eigenvalue weighted by molar-refractivity contribution is 0.0699. The number of pyridine rings is 1. The summed E-state index contributed by atoms with van der Waals surface area (Å²) in [6.07, 6.45) is 3.24. The second-order valence-electron chi connectivity index (χ2n) is 7.80. The van der Waals surface area contributed by atoms with Crippen LogP contribution in [0.5, 0.6) is 5.75 Å². The van der Waals surface area contributed by atoms with Crippen LogP contribution in [0, 0.1) is 11.6 Å². The highest BCUT2D eigenvalue weighted by Gasteiger charge is 2.15. The average molecular weight is 447 g/mol. The SMILES string of the molecule is CCCCCOc1ccc(-c2ccc(-c3cc(C(=O)O)c4cc(F)ccc4n3)cc2F)cc1. The number of aromatic carboxylic acids is 1. The lowest BCUT2D eigenvalue weighted by atomic mass is 10.00. The number of carbonyl (C=O) groups is 1. The summed E-state index contributed by atoms with van der Waals surface area (Å²) in [5, 5.41) is 9.76. The summed E-state index contributed by atoms with van der Waals surface area (Å²) in [4.78, 5) is 16.1. The zero-order chi connectivity index (χ0) is 23.4. The fourth-order valence-electron chi connectivity index (χ4n) is 3.70. The van der Waals surface area contributed by atoms with Crippen molar-refractivity contribution in [3.63, 3.8) is 0 Å². The lowest BCUT2D eigenvalue weighted by Gasteiger charge is -2.10. The number of hydrogen-bond donors (Lipinski definition) is 1. The van der Waals surface area contributed by atoms with Gasteiger partial charge in [-0.15, -0.1) is 0 Å². The minimum atomic E-state index is -1.21. The van der Waals surface area contributed by atoms with Crippen LogP contribution in [0.15, 0.2) is 66.7 Å². The molecule has 0 fully saturated rings. The molecule has 4 rings (SSSR count). The third kappa shape index (κ3) is 5.00. The molecule has 1 heterocycles. The molecule has 0 unspecified atom stereocenters. The first kappa shape index (κ1) is 22.4. The largest absolute Gasteiger partial charge is 0.494 e. The van der Waals surface area contributed by atoms with E-state index in [9.17, 15) is 14.3 Å². The molecule has 0 aliphatic carbocycles. The van der Waals surface area contributed by atoms with E-state index >= 15 is 4.39 Å². The maximum atomic E-state index is 15.0. The van der Waals surface area contributed by atoms with Gasteiger partial charge in [0.2, 0.25) is 0 Å². The minimum absolute atomic E-state index is 0.0893. The quantitative estimate of drug-likeness (QED) is 0.292. The monoisotopic (exact) mass is 447 g/mol. The summed E-state index contributed by atoms with van der Waals surface area (Å²) in [6.45, 7) is 2.79. The Kier molecular flexibility index (Phi) is 6.63. The standard InChI is InChI=1S/C27H23F2NO3/c1-2-3-4-13-33-20-9-5-17(6-10-20)21-11-7-18(14-24(21)29)26-16-23(27(31)32)22-15-19(28)8-12-25(22)30-26/h5-12,14-16H,2-4,13H2,1H3,(H,31,32). The number of benzene rings is 3. The highest BCUT2D eigenvalue weighted by Crippen LogP contribution is 2.31. The number of halogens is 2. The molecule has 4 aromatic rings. The number of unbranched alkanes of at least 4 members (excludes halogenated alkanes) is 2. The van der Waals surface area contributed by atoms with Crippen molar-refractivity contribution in [2.75, 3.05) is 6.61 Å². The second kappa shape index (κ2) is 9.77. The molecule has 0 aliphatic rings. The van der Waals surface area contributed by atoms with Gasteiger partial charge in [-0.2, -0.15) is 0 Å². The van der Waals surface area contributed by atoms with Gasteiger partial charge in [0, 0.05) is 16.5 Å². The number of fused-ring (bicyclic) bond motifs is 1. The van der Waals surface area contributed by atoms with Crippen LogP contribution in [-0.4, -0.2) is 22.7 Å². The molecule has 4 nitrogen and oxygen atoms in total. The molecule has 6 heteroatoms. The van der Waals surface area contributed by atoms with Crippen molar-refractivity contribution >= 4 is 16.9 Å². The van der Waals surface area contributed by atoms with Gasteiger partial charge in [-0.1, -0.05) is 44.0 Å². The van der Waals surface area contributed by atoms with Crippen LogP contribution in [-0.2, 0) is 0 Å². The molecule has 0 amide bonds. The molecule has 168 valence electrons. The smallest absolute Gasteiger partial charge is 0.336 e. The van der Waals surface area contributed by atoms with Crippen molar-refractivity contribution in [1.82, 2.24) is 4.98 Å². The molecule has 0 atom stereocenters. The summed E-state index contributed by atoms with van der Waals surface area (Å²) >= 11 is 0. The topological polar surface area (TPSA) is 59.4 Å². The maximum Gasteiger partial charge on any atom is 0.336 e. The molecule has 0 spiro atoms. The normalized spacial score (nSPS) is 11.0. The van der Waals surface area contributed by atoms with Crippen molar-refractivity contribution in [2.24, 2.45) is 0 Å². The van der Waals surface area contributed by atoms with Gasteiger partial charge in [0.05, 0.1) is 23.4 Å². The van der Waals surface area contributed by atoms with E-state index in [0.29, 0.717) is 34.5 Å². The van der Waals surface area contributed by atoms with E-state index in [-0.39, 0.29) is 10.9 Å². The van der Waals surface area contributed by atoms with Gasteiger partial charge in [-0.25, -0.2) is 18.6 Å². The van der Waals surface area contributed by atoms with Crippen molar-refractivity contribution in [3.8, 4) is 28.1 Å². The summed E-state index contributed by atoms with van der Waals surface area (Å²) < 4.78 is 34.3. The van der Waals surface area contributed by atoms with Crippen LogP contribution in [0.3, 0.4) is 0 Å². The Morgan fingerprint density at radius 2 is 1.70 bits per heavy atom. The molecule has 33 heavy (non-hydrogen) atoms. The first-order chi connectivity index (χ1) is 16.0. The van der Waals surface area contributed by atoms with Gasteiger partial charge in [0.15, 0.2) is 0 Å². The Morgan fingerprint density at radius 1 is 0.939 bits per heavy atom. The summed E-state index contributed by atoms with van der Waals surface area (Å²) in [7, 11) is 0. The molecular weight excluding hydrogens is 424 g/mol. The molecule has 0 bridgehead atoms. The average Bonchev–Trinajstić information content (AvgIpc) is 2.81. The Morgan fingerprint density at radius 3 is 2.39 bits per heavy atom. The number of nitrogens with zero attached hydrogens (tertiary/aromatic N) is 1. The van der Waals surface area contributed by atoms with Crippen LogP contribution in [0.1, 0.15) is 36.5 Å². The first-order valence-electron chi connectivity index (χ1n) is 10.8. The Hall–Kier alpha value is -3.80. The fourth-order valence-corrected chi connectivity index (χ4v) is 3.70. The number of hydrogen-bond acceptors (Lipinski definition) is 3. The van der Waals surface area contributed by atoms with E-state index in [4.69, 9.17) is 4.74 Å². The second-order valence-corrected chi connectivity index (χ2v) is 7.80. The van der Waals surface area contributed by atoms with Gasteiger partial charge in [0.25, 0.3) is 0 Å². The van der Waals surface area contributed by atoms with Crippen LogP contribution in [0.2, 0.25) is 0 Å². The molecule has 0 aliphatic heterocycles. The van der Waals surface area contributed by atoms with Crippen molar-refractivity contribution in [1.29, 1.82) is 0 Å². The summed E-state index contributed by atoms with van der Waals surface area (Å²) in [5.74, 6) is -1.47. The molecule has 0 radical (unpaired) electrons. The maximum absolute atomic E-state index is 15.0. The van der Waals surface area contributed by atoms with Crippen molar-refractivity contribution < 1.29 is 23.4 Å². The predicted molar refractivity (Wildman–Crippen MR) is 125 cm³/mol. The predicted octanol–water partition coefficient (Wildman–Crippen LogP) is 7.11. The third-order valence-corrected chi connectivity index (χ3v) is 5.45. The molecule has 1 aromatic heterocycles. The fraction of sp³-hybridized carbons (Fsp3) is 0.185. The van der Waals surface area contributed by atoms with Crippen LogP contribution in [0.25, 0.3) is 33.3 Å². The Bertz CT molecular complexity index is 1300. The summed E-state index contributed by atoms with van der Waals surface area (Å²) in [6, 6.07) is 17.0. The molecule has 0 saturated heterocycles. The van der Waals surface area contributed by atoms with E-state index in [1.165, 1.54) is 24.3 Å². The number of aromatic nitrogens is 1. The van der Waals surface area contributed by atoms with Gasteiger partial charge in [-0.3, -0.25) is 0 Å². The van der Waals surface area contributed by atoms with E-state index in [1.807, 2.05) is 12.1 Å². The van der Waals surface area contributed by atoms with E-state index in [0.717, 1.165) is 31.1 Å². The zero-order valence-electron chi connectivity index (χ0n) is 18.1. The lowest BCUT2D eigenvalue weighted by Crippen LogP contribution is -2.01. The van der Waals surface area contributed by atoms with Crippen LogP contribution < -0.4 is 4.74 Å². The highest BCUT2D eigenvalue weighted by molar-refractivity contribution is 6.03. The van der Waals surface area contributed by atoms with Crippen LogP contribution >= 0.6 is 0 Å². The molecule has 3 aromatic carbocycles. The van der Waals surface area contributed by atoms with Crippen molar-refractivity contribution in [3.05, 3.63) is 83.9 Å². The van der Waals surface area contributed by atoms with Gasteiger partial charge in [-0.05, 0) is 54.4 Å². The van der Waals surface area contributed by atoms with E-state index in [1.54, 1.807) is 24.3 Å². The number of rotatable bonds is 8. The summed E-state index contributed by atoms with van der Waals surface area (Å²) in [5.41, 5.74) is 2.08. The minimum Gasteiger partial charge on any atom is -0.494 e. The van der Waals surface area contributed by atoms with Crippen molar-refractivity contribution in [2.45, 2.75) is 26.2 Å². The molecular formula is C27H23F2NO3. The zero-order valence-corrected chi connectivity index (χ0v) is 18.1. The Balaban J connectivity index is 1.62. The van der Waals surface area contributed by atoms with Gasteiger partial charge >= 0.3 is 5.97 Å². The van der Waals surface area contributed by atoms with Crippen LogP contribution in [0.4, 0.5) is 8.78 Å². The third-order valence-electron chi connectivity index (χ3n) is 5.45. The van der Waals surface area contributed by atoms with E-state index in [2.05, 4.69) is 11.9 Å². The number of carboxylic acid groups (broad SMARTS) is 1. The molecule has 1 N–H and O–H groups in total. The van der Waals surface area contributed by atoms with E-state index < -0.39 is 17.6 Å². The molecule has 0 saturated carbocycles. The number of carboxylic acids is 1.